The van der Waals surface area contributed by atoms with Crippen LogP contribution in [0, 0.1) is 5.41 Å². The second-order valence-electron chi connectivity index (χ2n) is 5.66. The van der Waals surface area contributed by atoms with Gasteiger partial charge < -0.3 is 4.74 Å². The number of carbonyl (C=O) groups is 1. The first-order chi connectivity index (χ1) is 6.96. The summed E-state index contributed by atoms with van der Waals surface area (Å²) in [5, 5.41) is -1.24. The highest BCUT2D eigenvalue weighted by Gasteiger charge is 2.53. The third-order valence-electron chi connectivity index (χ3n) is 2.21. The molecule has 0 spiro atoms. The standard InChI is InChI=1S/C10H18O5S/c1-9(2,3)15-8(11)7-10(4,5)6-14-16(7,12)13/h7H,6H2,1-5H3/t7-/m1/s1. The molecular weight excluding hydrogens is 232 g/mol. The van der Waals surface area contributed by atoms with Crippen LogP contribution in [-0.2, 0) is 23.8 Å². The minimum Gasteiger partial charge on any atom is -0.459 e. The molecule has 1 heterocycles. The van der Waals surface area contributed by atoms with Crippen molar-refractivity contribution in [2.24, 2.45) is 5.41 Å². The molecule has 6 heteroatoms. The first kappa shape index (κ1) is 13.4. The summed E-state index contributed by atoms with van der Waals surface area (Å²) < 4.78 is 32.9. The molecule has 1 aliphatic heterocycles. The van der Waals surface area contributed by atoms with Crippen LogP contribution in [0.2, 0.25) is 0 Å². The number of carbonyl (C=O) groups excluding carboxylic acids is 1. The van der Waals surface area contributed by atoms with E-state index in [1.54, 1.807) is 34.6 Å². The van der Waals surface area contributed by atoms with Gasteiger partial charge in [-0.2, -0.15) is 8.42 Å². The minimum absolute atomic E-state index is 0.0131. The van der Waals surface area contributed by atoms with Gasteiger partial charge in [-0.3, -0.25) is 8.98 Å². The number of hydrogen-bond acceptors (Lipinski definition) is 5. The van der Waals surface area contributed by atoms with Crippen LogP contribution in [0.1, 0.15) is 34.6 Å². The molecule has 1 aliphatic rings. The second kappa shape index (κ2) is 3.70. The summed E-state index contributed by atoms with van der Waals surface area (Å²) in [5.74, 6) is -0.741. The van der Waals surface area contributed by atoms with Gasteiger partial charge in [-0.15, -0.1) is 0 Å². The van der Waals surface area contributed by atoms with E-state index in [9.17, 15) is 13.2 Å². The quantitative estimate of drug-likeness (QED) is 0.514. The van der Waals surface area contributed by atoms with Crippen molar-refractivity contribution in [1.82, 2.24) is 0 Å². The number of ether oxygens (including phenoxy) is 1. The fraction of sp³-hybridized carbons (Fsp3) is 0.900. The van der Waals surface area contributed by atoms with Gasteiger partial charge in [0.2, 0.25) is 0 Å². The van der Waals surface area contributed by atoms with Crippen LogP contribution < -0.4 is 0 Å². The molecule has 0 bridgehead atoms. The Bertz CT molecular complexity index is 388. The van der Waals surface area contributed by atoms with Crippen LogP contribution in [-0.4, -0.2) is 31.8 Å². The first-order valence-corrected chi connectivity index (χ1v) is 6.54. The van der Waals surface area contributed by atoms with Gasteiger partial charge in [0.15, 0.2) is 5.25 Å². The van der Waals surface area contributed by atoms with Crippen molar-refractivity contribution in [3.05, 3.63) is 0 Å². The first-order valence-electron chi connectivity index (χ1n) is 5.07. The Morgan fingerprint density at radius 2 is 1.88 bits per heavy atom. The highest BCUT2D eigenvalue weighted by Crippen LogP contribution is 2.36. The Kier molecular flexibility index (Phi) is 3.11. The lowest BCUT2D eigenvalue weighted by Gasteiger charge is -2.26. The van der Waals surface area contributed by atoms with Gasteiger partial charge >= 0.3 is 5.97 Å². The van der Waals surface area contributed by atoms with E-state index in [-0.39, 0.29) is 6.61 Å². The Balaban J connectivity index is 2.98. The molecule has 16 heavy (non-hydrogen) atoms. The molecule has 94 valence electrons. The van der Waals surface area contributed by atoms with Crippen LogP contribution in [0.15, 0.2) is 0 Å². The van der Waals surface area contributed by atoms with Crippen molar-refractivity contribution < 1.29 is 22.1 Å². The van der Waals surface area contributed by atoms with E-state index in [0.717, 1.165) is 0 Å². The molecule has 1 atom stereocenters. The maximum absolute atomic E-state index is 11.8. The molecule has 0 amide bonds. The van der Waals surface area contributed by atoms with Gasteiger partial charge in [0.1, 0.15) is 5.60 Å². The van der Waals surface area contributed by atoms with Crippen molar-refractivity contribution in [3.63, 3.8) is 0 Å². The van der Waals surface area contributed by atoms with Gasteiger partial charge in [0.25, 0.3) is 10.1 Å². The van der Waals surface area contributed by atoms with Gasteiger partial charge in [-0.1, -0.05) is 13.8 Å². The maximum Gasteiger partial charge on any atom is 0.328 e. The number of rotatable bonds is 1. The topological polar surface area (TPSA) is 69.7 Å². The predicted molar refractivity (Wildman–Crippen MR) is 58.3 cm³/mol. The zero-order valence-electron chi connectivity index (χ0n) is 10.2. The van der Waals surface area contributed by atoms with E-state index in [1.165, 1.54) is 0 Å². The van der Waals surface area contributed by atoms with Crippen molar-refractivity contribution in [2.45, 2.75) is 45.5 Å². The van der Waals surface area contributed by atoms with Crippen LogP contribution in [0.3, 0.4) is 0 Å². The van der Waals surface area contributed by atoms with Gasteiger partial charge in [0, 0.05) is 5.41 Å². The molecule has 0 radical (unpaired) electrons. The molecule has 1 rings (SSSR count). The maximum atomic E-state index is 11.8. The Morgan fingerprint density at radius 1 is 1.38 bits per heavy atom. The Hall–Kier alpha value is -0.620. The van der Waals surface area contributed by atoms with E-state index in [2.05, 4.69) is 4.18 Å². The van der Waals surface area contributed by atoms with Crippen LogP contribution in [0.5, 0.6) is 0 Å². The van der Waals surface area contributed by atoms with E-state index < -0.39 is 32.4 Å². The van der Waals surface area contributed by atoms with Crippen LogP contribution >= 0.6 is 0 Å². The molecule has 5 nitrogen and oxygen atoms in total. The molecule has 0 N–H and O–H groups in total. The number of esters is 1. The fourth-order valence-corrected chi connectivity index (χ4v) is 3.30. The molecule has 0 aliphatic carbocycles. The molecule has 1 saturated heterocycles. The summed E-state index contributed by atoms with van der Waals surface area (Å²) >= 11 is 0. The molecule has 0 unspecified atom stereocenters. The average Bonchev–Trinajstić information content (AvgIpc) is 2.16. The van der Waals surface area contributed by atoms with Gasteiger partial charge in [-0.25, -0.2) is 0 Å². The molecule has 0 aromatic carbocycles. The fourth-order valence-electron chi connectivity index (χ4n) is 1.56. The van der Waals surface area contributed by atoms with Gasteiger partial charge in [0.05, 0.1) is 6.61 Å². The van der Waals surface area contributed by atoms with E-state index in [0.29, 0.717) is 0 Å². The summed E-state index contributed by atoms with van der Waals surface area (Å²) in [6.07, 6.45) is 0. The molecule has 1 fully saturated rings. The lowest BCUT2D eigenvalue weighted by Crippen LogP contribution is -2.42. The SMILES string of the molecule is CC(C)(C)OC(=O)[C@@H]1C(C)(C)COS1(=O)=O. The van der Waals surface area contributed by atoms with Crippen LogP contribution in [0.4, 0.5) is 0 Å². The van der Waals surface area contributed by atoms with Crippen molar-refractivity contribution in [1.29, 1.82) is 0 Å². The van der Waals surface area contributed by atoms with E-state index >= 15 is 0 Å². The highest BCUT2D eigenvalue weighted by atomic mass is 32.2. The lowest BCUT2D eigenvalue weighted by atomic mass is 9.90. The summed E-state index contributed by atoms with van der Waals surface area (Å²) in [7, 11) is -3.84. The third-order valence-corrected chi connectivity index (χ3v) is 4.07. The smallest absolute Gasteiger partial charge is 0.328 e. The largest absolute Gasteiger partial charge is 0.459 e. The van der Waals surface area contributed by atoms with Crippen molar-refractivity contribution in [3.8, 4) is 0 Å². The van der Waals surface area contributed by atoms with E-state index in [4.69, 9.17) is 4.74 Å². The molecule has 0 saturated carbocycles. The Morgan fingerprint density at radius 3 is 2.19 bits per heavy atom. The summed E-state index contributed by atoms with van der Waals surface area (Å²) in [5.41, 5.74) is -1.45. The summed E-state index contributed by atoms with van der Waals surface area (Å²) in [6, 6.07) is 0. The zero-order valence-corrected chi connectivity index (χ0v) is 11.1. The lowest BCUT2D eigenvalue weighted by molar-refractivity contribution is -0.156. The van der Waals surface area contributed by atoms with Crippen molar-refractivity contribution in [2.75, 3.05) is 6.61 Å². The monoisotopic (exact) mass is 250 g/mol. The zero-order chi connectivity index (χ0) is 12.8. The highest BCUT2D eigenvalue weighted by molar-refractivity contribution is 7.88. The van der Waals surface area contributed by atoms with Crippen LogP contribution in [0.25, 0.3) is 0 Å². The van der Waals surface area contributed by atoms with E-state index in [1.807, 2.05) is 0 Å². The molecular formula is C10H18O5S. The third kappa shape index (κ3) is 2.74. The van der Waals surface area contributed by atoms with Gasteiger partial charge in [-0.05, 0) is 20.8 Å². The second-order valence-corrected chi connectivity index (χ2v) is 7.35. The molecule has 0 aromatic heterocycles. The van der Waals surface area contributed by atoms with Crippen molar-refractivity contribution >= 4 is 16.1 Å². The summed E-state index contributed by atoms with van der Waals surface area (Å²) in [6.45, 7) is 8.44. The predicted octanol–water partition coefficient (Wildman–Crippen LogP) is 1.08. The molecule has 0 aromatic rings. The minimum atomic E-state index is -3.84. The average molecular weight is 250 g/mol. The Labute approximate surface area is 96.2 Å². The number of hydrogen-bond donors (Lipinski definition) is 0. The summed E-state index contributed by atoms with van der Waals surface area (Å²) in [4.78, 5) is 11.8. The normalized spacial score (nSPS) is 27.7.